The summed E-state index contributed by atoms with van der Waals surface area (Å²) in [5.74, 6) is -1.22. The molecule has 0 spiro atoms. The third kappa shape index (κ3) is 5.37. The molecule has 1 fully saturated rings. The van der Waals surface area contributed by atoms with Gasteiger partial charge in [0.05, 0.1) is 12.2 Å². The lowest BCUT2D eigenvalue weighted by atomic mass is 10.1. The van der Waals surface area contributed by atoms with Crippen LogP contribution < -0.4 is 4.72 Å². The molecular weight excluding hydrogens is 364 g/mol. The number of nitrogens with one attached hydrogen (secondary N) is 1. The molecule has 0 bridgehead atoms. The van der Waals surface area contributed by atoms with E-state index in [-0.39, 0.29) is 0 Å². The van der Waals surface area contributed by atoms with Crippen LogP contribution in [0.4, 0.5) is 17.6 Å². The number of ether oxygens (including phenoxy) is 1. The molecule has 1 unspecified atom stereocenters. The van der Waals surface area contributed by atoms with Crippen molar-refractivity contribution in [1.82, 2.24) is 9.62 Å². The molecule has 0 aliphatic carbocycles. The summed E-state index contributed by atoms with van der Waals surface area (Å²) in [6.45, 7) is 2.27. The number of halogens is 4. The monoisotopic (exact) mass is 384 g/mol. The van der Waals surface area contributed by atoms with E-state index in [4.69, 9.17) is 4.74 Å². The van der Waals surface area contributed by atoms with E-state index in [1.807, 2.05) is 4.90 Å². The van der Waals surface area contributed by atoms with Crippen molar-refractivity contribution >= 4 is 10.0 Å². The van der Waals surface area contributed by atoms with Gasteiger partial charge < -0.3 is 4.74 Å². The van der Waals surface area contributed by atoms with Crippen molar-refractivity contribution in [3.05, 3.63) is 29.6 Å². The van der Waals surface area contributed by atoms with Crippen LogP contribution >= 0.6 is 0 Å². The van der Waals surface area contributed by atoms with E-state index in [1.54, 1.807) is 7.11 Å². The molecule has 25 heavy (non-hydrogen) atoms. The molecule has 5 nitrogen and oxygen atoms in total. The van der Waals surface area contributed by atoms with Crippen molar-refractivity contribution in [2.24, 2.45) is 0 Å². The van der Waals surface area contributed by atoms with Gasteiger partial charge in [0.2, 0.25) is 10.0 Å². The summed E-state index contributed by atoms with van der Waals surface area (Å²) in [5.41, 5.74) is -1.21. The van der Waals surface area contributed by atoms with Gasteiger partial charge in [-0.3, -0.25) is 4.90 Å². The number of piperidine rings is 1. The van der Waals surface area contributed by atoms with Gasteiger partial charge >= 0.3 is 6.18 Å². The first-order valence-corrected chi connectivity index (χ1v) is 9.22. The van der Waals surface area contributed by atoms with Gasteiger partial charge in [0, 0.05) is 26.2 Å². The predicted molar refractivity (Wildman–Crippen MR) is 83.1 cm³/mol. The van der Waals surface area contributed by atoms with E-state index in [1.165, 1.54) is 0 Å². The highest BCUT2D eigenvalue weighted by Crippen LogP contribution is 2.31. The summed E-state index contributed by atoms with van der Waals surface area (Å²) >= 11 is 0. The Morgan fingerprint density at radius 3 is 2.72 bits per heavy atom. The first-order valence-electron chi connectivity index (χ1n) is 7.74. The average molecular weight is 384 g/mol. The quantitative estimate of drug-likeness (QED) is 0.765. The van der Waals surface area contributed by atoms with Crippen LogP contribution in [0.25, 0.3) is 0 Å². The molecule has 1 aromatic carbocycles. The summed E-state index contributed by atoms with van der Waals surface area (Å²) in [4.78, 5) is 0.999. The Balaban J connectivity index is 2.16. The van der Waals surface area contributed by atoms with Gasteiger partial charge in [-0.05, 0) is 37.6 Å². The Bertz CT molecular complexity index is 695. The highest BCUT2D eigenvalue weighted by atomic mass is 32.2. The molecule has 10 heteroatoms. The van der Waals surface area contributed by atoms with Crippen LogP contribution in [0.3, 0.4) is 0 Å². The number of rotatable bonds is 6. The fourth-order valence-electron chi connectivity index (χ4n) is 2.74. The first-order chi connectivity index (χ1) is 11.6. The van der Waals surface area contributed by atoms with Gasteiger partial charge in [-0.1, -0.05) is 0 Å². The van der Waals surface area contributed by atoms with E-state index in [9.17, 15) is 26.0 Å². The molecule has 0 amide bonds. The number of hydrogen-bond donors (Lipinski definition) is 1. The minimum atomic E-state index is -4.75. The fourth-order valence-corrected chi connectivity index (χ4v) is 4.11. The van der Waals surface area contributed by atoms with Gasteiger partial charge in [0.25, 0.3) is 0 Å². The smallest absolute Gasteiger partial charge is 0.383 e. The maximum Gasteiger partial charge on any atom is 0.416 e. The Hall–Kier alpha value is -1.23. The molecule has 1 aliphatic heterocycles. The van der Waals surface area contributed by atoms with Gasteiger partial charge in [-0.2, -0.15) is 13.2 Å². The summed E-state index contributed by atoms with van der Waals surface area (Å²) < 4.78 is 84.1. The molecule has 1 aromatic rings. The van der Waals surface area contributed by atoms with Gasteiger partial charge in [0.15, 0.2) is 0 Å². The minimum absolute atomic E-state index is 0.323. The summed E-state index contributed by atoms with van der Waals surface area (Å²) in [6.07, 6.45) is -3.50. The molecule has 1 saturated heterocycles. The summed E-state index contributed by atoms with van der Waals surface area (Å²) in [7, 11) is -2.84. The number of methoxy groups -OCH3 is 1. The van der Waals surface area contributed by atoms with Crippen molar-refractivity contribution in [1.29, 1.82) is 0 Å². The number of benzene rings is 1. The van der Waals surface area contributed by atoms with E-state index >= 15 is 0 Å². The molecule has 1 atom stereocenters. The largest absolute Gasteiger partial charge is 0.416 e. The topological polar surface area (TPSA) is 58.6 Å². The fraction of sp³-hybridized carbons (Fsp3) is 0.600. The maximum atomic E-state index is 13.8. The van der Waals surface area contributed by atoms with Gasteiger partial charge in [-0.15, -0.1) is 0 Å². The van der Waals surface area contributed by atoms with Crippen LogP contribution in [-0.4, -0.2) is 52.7 Å². The molecule has 142 valence electrons. The number of alkyl halides is 3. The average Bonchev–Trinajstić information content (AvgIpc) is 2.52. The Labute approximate surface area is 144 Å². The summed E-state index contributed by atoms with van der Waals surface area (Å²) in [5, 5.41) is 0. The minimum Gasteiger partial charge on any atom is -0.383 e. The molecule has 1 N–H and O–H groups in total. The van der Waals surface area contributed by atoms with Crippen molar-refractivity contribution in [2.75, 3.05) is 33.4 Å². The van der Waals surface area contributed by atoms with Crippen LogP contribution in [0.5, 0.6) is 0 Å². The van der Waals surface area contributed by atoms with Crippen molar-refractivity contribution < 1.29 is 30.7 Å². The molecule has 0 radical (unpaired) electrons. The zero-order chi connectivity index (χ0) is 18.7. The zero-order valence-electron chi connectivity index (χ0n) is 13.6. The molecular formula is C15H20F4N2O3S. The van der Waals surface area contributed by atoms with Gasteiger partial charge in [0.1, 0.15) is 10.7 Å². The number of nitrogens with zero attached hydrogens (tertiary/aromatic N) is 1. The molecule has 1 heterocycles. The van der Waals surface area contributed by atoms with Crippen LogP contribution in [-0.2, 0) is 20.9 Å². The third-order valence-electron chi connectivity index (χ3n) is 3.99. The van der Waals surface area contributed by atoms with Crippen LogP contribution in [0.2, 0.25) is 0 Å². The molecule has 0 aromatic heterocycles. The Kier molecular flexibility index (Phi) is 6.41. The molecule has 0 saturated carbocycles. The third-order valence-corrected chi connectivity index (χ3v) is 5.52. The second-order valence-electron chi connectivity index (χ2n) is 5.90. The SMILES string of the molecule is COCCN1CCCC(NS(=O)(=O)c2cc(C(F)(F)F)ccc2F)C1. The maximum absolute atomic E-state index is 13.8. The Morgan fingerprint density at radius 2 is 2.08 bits per heavy atom. The van der Waals surface area contributed by atoms with Crippen LogP contribution in [0.1, 0.15) is 18.4 Å². The van der Waals surface area contributed by atoms with Gasteiger partial charge in [-0.25, -0.2) is 17.5 Å². The van der Waals surface area contributed by atoms with E-state index < -0.39 is 38.5 Å². The van der Waals surface area contributed by atoms with E-state index in [0.29, 0.717) is 44.3 Å². The van der Waals surface area contributed by atoms with E-state index in [0.717, 1.165) is 13.0 Å². The van der Waals surface area contributed by atoms with Crippen LogP contribution in [0.15, 0.2) is 23.1 Å². The van der Waals surface area contributed by atoms with E-state index in [2.05, 4.69) is 4.72 Å². The van der Waals surface area contributed by atoms with Crippen molar-refractivity contribution in [3.8, 4) is 0 Å². The standard InChI is InChI=1S/C15H20F4N2O3S/c1-24-8-7-21-6-2-3-12(10-21)20-25(22,23)14-9-11(15(17,18)19)4-5-13(14)16/h4-5,9,12,20H,2-3,6-8,10H2,1H3. The highest BCUT2D eigenvalue weighted by Gasteiger charge is 2.34. The number of hydrogen-bond acceptors (Lipinski definition) is 4. The second-order valence-corrected chi connectivity index (χ2v) is 7.58. The normalized spacial score (nSPS) is 20.0. The lowest BCUT2D eigenvalue weighted by molar-refractivity contribution is -0.137. The van der Waals surface area contributed by atoms with Crippen molar-refractivity contribution in [3.63, 3.8) is 0 Å². The Morgan fingerprint density at radius 1 is 1.36 bits per heavy atom. The number of likely N-dealkylation sites (tertiary alicyclic amines) is 1. The second kappa shape index (κ2) is 7.98. The number of sulfonamides is 1. The summed E-state index contributed by atoms with van der Waals surface area (Å²) in [6, 6.07) is 0.859. The lowest BCUT2D eigenvalue weighted by Crippen LogP contribution is -2.48. The first kappa shape index (κ1) is 20.1. The molecule has 2 rings (SSSR count). The van der Waals surface area contributed by atoms with Crippen molar-refractivity contribution in [2.45, 2.75) is 30.0 Å². The molecule has 1 aliphatic rings. The highest BCUT2D eigenvalue weighted by molar-refractivity contribution is 7.89. The zero-order valence-corrected chi connectivity index (χ0v) is 14.5. The van der Waals surface area contributed by atoms with Crippen LogP contribution in [0, 0.1) is 5.82 Å². The lowest BCUT2D eigenvalue weighted by Gasteiger charge is -2.32. The predicted octanol–water partition coefficient (Wildman–Crippen LogP) is 2.23.